The maximum absolute atomic E-state index is 12.4. The predicted octanol–water partition coefficient (Wildman–Crippen LogP) is 12.8. The zero-order valence-electron chi connectivity index (χ0n) is 36.3. The van der Waals surface area contributed by atoms with Crippen LogP contribution in [0.2, 0.25) is 0 Å². The van der Waals surface area contributed by atoms with Gasteiger partial charge in [0.1, 0.15) is 32.7 Å². The Labute approximate surface area is 398 Å². The molecular formula is C48H35N7O12S3. The molecule has 0 radical (unpaired) electrons. The van der Waals surface area contributed by atoms with Gasteiger partial charge in [0.2, 0.25) is 0 Å². The summed E-state index contributed by atoms with van der Waals surface area (Å²) in [6, 6.07) is 37.1. The monoisotopic (exact) mass is 997 g/mol. The van der Waals surface area contributed by atoms with Crippen LogP contribution >= 0.6 is 0 Å². The second-order valence-corrected chi connectivity index (χ2v) is 19.5. The molecular weight excluding hydrogens is 963 g/mol. The average Bonchev–Trinajstić information content (AvgIpc) is 3.33. The van der Waals surface area contributed by atoms with Crippen molar-refractivity contribution in [2.75, 3.05) is 19.5 Å². The number of ether oxygens (including phenoxy) is 2. The fourth-order valence-electron chi connectivity index (χ4n) is 7.72. The summed E-state index contributed by atoms with van der Waals surface area (Å²) >= 11 is 0. The highest BCUT2D eigenvalue weighted by molar-refractivity contribution is 7.86. The molecule has 0 unspecified atom stereocenters. The number of aromatic hydroxyl groups is 1. The van der Waals surface area contributed by atoms with E-state index < -0.39 is 45.0 Å². The van der Waals surface area contributed by atoms with Crippen molar-refractivity contribution in [1.82, 2.24) is 0 Å². The van der Waals surface area contributed by atoms with Crippen LogP contribution in [0.25, 0.3) is 43.1 Å². The third kappa shape index (κ3) is 9.45. The largest absolute Gasteiger partial charge is 0.505 e. The first kappa shape index (κ1) is 46.8. The van der Waals surface area contributed by atoms with Crippen molar-refractivity contribution in [1.29, 1.82) is 0 Å². The summed E-state index contributed by atoms with van der Waals surface area (Å²) in [7, 11) is -11.5. The van der Waals surface area contributed by atoms with Gasteiger partial charge in [0.05, 0.1) is 41.9 Å². The number of nitrogens with one attached hydrogen (secondary N) is 1. The van der Waals surface area contributed by atoms with Gasteiger partial charge in [0, 0.05) is 55.1 Å². The lowest BCUT2D eigenvalue weighted by Crippen LogP contribution is -2.03. The Kier molecular flexibility index (Phi) is 12.3. The Bertz CT molecular complexity index is 4060. The summed E-state index contributed by atoms with van der Waals surface area (Å²) in [5.41, 5.74) is 2.39. The third-order valence-electron chi connectivity index (χ3n) is 11.0. The van der Waals surface area contributed by atoms with Crippen LogP contribution in [0.1, 0.15) is 0 Å². The molecule has 0 bridgehead atoms. The molecule has 70 heavy (non-hydrogen) atoms. The minimum Gasteiger partial charge on any atom is -0.505 e. The molecule has 0 aliphatic heterocycles. The molecule has 352 valence electrons. The molecule has 0 atom stereocenters. The minimum absolute atomic E-state index is 0.125. The lowest BCUT2D eigenvalue weighted by atomic mass is 10.1. The van der Waals surface area contributed by atoms with Crippen molar-refractivity contribution < 1.29 is 53.5 Å². The van der Waals surface area contributed by atoms with Gasteiger partial charge in [-0.3, -0.25) is 13.7 Å². The van der Waals surface area contributed by atoms with Crippen LogP contribution in [0.4, 0.5) is 45.5 Å². The summed E-state index contributed by atoms with van der Waals surface area (Å²) in [5, 5.41) is 43.2. The Morgan fingerprint density at radius 1 is 0.443 bits per heavy atom. The number of methoxy groups -OCH3 is 2. The van der Waals surface area contributed by atoms with E-state index in [9.17, 15) is 44.0 Å². The molecule has 9 rings (SSSR count). The lowest BCUT2D eigenvalue weighted by molar-refractivity contribution is 0.415. The standard InChI is InChI=1S/C48H35N7O12S3/c1-66-31-14-11-28(12-15-31)49-29-13-17-33-27(22-29)10-19-42(48(33)56)53-51-41-21-20-40(35-18-16-32(25-38(35)41)68(57,58)59)52-55-47-37-7-4-3-6-34(37)43(26-44(47)67-2)54-50-30-23-39-36(46(24-30)70(63,64)65)8-5-9-45(39)69(60,61)62/h3-26,49,56H,1-2H3,(H,57,58,59)(H,60,61,62)(H,63,64,65). The molecule has 9 aromatic carbocycles. The van der Waals surface area contributed by atoms with E-state index in [1.54, 1.807) is 61.7 Å². The van der Waals surface area contributed by atoms with Crippen LogP contribution in [0.3, 0.4) is 0 Å². The van der Waals surface area contributed by atoms with E-state index in [4.69, 9.17) is 9.47 Å². The SMILES string of the molecule is COc1ccc(Nc2ccc3c(O)c(N=Nc4ccc(N=Nc5c(OC)cc(N=Nc6cc(S(=O)(=O)O)c7cccc(S(=O)(=O)O)c7c6)c6ccccc56)c5ccc(S(=O)(=O)O)cc45)ccc3c2)cc1. The molecule has 0 aliphatic rings. The average molecular weight is 998 g/mol. The summed E-state index contributed by atoms with van der Waals surface area (Å²) in [6.45, 7) is 0. The van der Waals surface area contributed by atoms with E-state index >= 15 is 0 Å². The van der Waals surface area contributed by atoms with Crippen LogP contribution in [-0.4, -0.2) is 58.2 Å². The molecule has 0 fully saturated rings. The number of nitrogens with zero attached hydrogens (tertiary/aromatic N) is 6. The second kappa shape index (κ2) is 18.3. The fraction of sp³-hybridized carbons (Fsp3) is 0.0417. The minimum atomic E-state index is -4.92. The quantitative estimate of drug-likeness (QED) is 0.0531. The molecule has 0 saturated carbocycles. The van der Waals surface area contributed by atoms with Gasteiger partial charge in [-0.2, -0.15) is 30.4 Å². The molecule has 0 aliphatic carbocycles. The first-order chi connectivity index (χ1) is 33.4. The zero-order chi connectivity index (χ0) is 49.5. The van der Waals surface area contributed by atoms with Crippen LogP contribution in [0, 0.1) is 0 Å². The molecule has 9 aromatic rings. The topological polar surface area (TPSA) is 288 Å². The molecule has 5 N–H and O–H groups in total. The van der Waals surface area contributed by atoms with Crippen molar-refractivity contribution in [2.45, 2.75) is 14.7 Å². The Balaban J connectivity index is 1.07. The van der Waals surface area contributed by atoms with E-state index in [0.29, 0.717) is 26.9 Å². The molecule has 0 spiro atoms. The van der Waals surface area contributed by atoms with Crippen molar-refractivity contribution in [3.63, 3.8) is 0 Å². The number of hydrogen-bond donors (Lipinski definition) is 5. The lowest BCUT2D eigenvalue weighted by Gasteiger charge is -2.11. The Hall–Kier alpha value is -8.25. The van der Waals surface area contributed by atoms with Crippen LogP contribution < -0.4 is 14.8 Å². The number of azo groups is 3. The van der Waals surface area contributed by atoms with E-state index in [-0.39, 0.29) is 61.8 Å². The second-order valence-electron chi connectivity index (χ2n) is 15.3. The number of phenols is 1. The van der Waals surface area contributed by atoms with Crippen LogP contribution in [-0.2, 0) is 30.4 Å². The fourth-order valence-corrected chi connectivity index (χ4v) is 9.65. The van der Waals surface area contributed by atoms with E-state index in [1.807, 2.05) is 30.3 Å². The van der Waals surface area contributed by atoms with Crippen molar-refractivity contribution in [2.24, 2.45) is 30.7 Å². The molecule has 19 nitrogen and oxygen atoms in total. The van der Waals surface area contributed by atoms with Crippen molar-refractivity contribution in [3.05, 3.63) is 146 Å². The zero-order valence-corrected chi connectivity index (χ0v) is 38.8. The highest BCUT2D eigenvalue weighted by Gasteiger charge is 2.22. The number of hydrogen-bond acceptors (Lipinski definition) is 16. The maximum Gasteiger partial charge on any atom is 0.295 e. The normalized spacial score (nSPS) is 12.6. The highest BCUT2D eigenvalue weighted by atomic mass is 32.2. The van der Waals surface area contributed by atoms with Gasteiger partial charge < -0.3 is 19.9 Å². The van der Waals surface area contributed by atoms with Gasteiger partial charge in [0.25, 0.3) is 30.4 Å². The van der Waals surface area contributed by atoms with E-state index in [2.05, 4.69) is 36.0 Å². The molecule has 0 heterocycles. The maximum atomic E-state index is 12.4. The van der Waals surface area contributed by atoms with Crippen molar-refractivity contribution in [3.8, 4) is 17.2 Å². The van der Waals surface area contributed by atoms with Gasteiger partial charge in [-0.25, -0.2) is 0 Å². The van der Waals surface area contributed by atoms with E-state index in [1.165, 1.54) is 55.6 Å². The summed E-state index contributed by atoms with van der Waals surface area (Å²) in [5.74, 6) is 0.733. The smallest absolute Gasteiger partial charge is 0.295 e. The molecule has 22 heteroatoms. The first-order valence-electron chi connectivity index (χ1n) is 20.5. The van der Waals surface area contributed by atoms with E-state index in [0.717, 1.165) is 29.3 Å². The molecule has 0 amide bonds. The highest BCUT2D eigenvalue weighted by Crippen LogP contribution is 2.45. The van der Waals surface area contributed by atoms with Gasteiger partial charge >= 0.3 is 0 Å². The van der Waals surface area contributed by atoms with Crippen LogP contribution in [0.15, 0.2) is 191 Å². The number of benzene rings is 9. The van der Waals surface area contributed by atoms with Crippen molar-refractivity contribution >= 4 is 119 Å². The summed E-state index contributed by atoms with van der Waals surface area (Å²) in [6.07, 6.45) is 0. The number of fused-ring (bicyclic) bond motifs is 4. The first-order valence-corrected chi connectivity index (χ1v) is 24.8. The number of phenolic OH excluding ortho intramolecular Hbond substituents is 1. The Morgan fingerprint density at radius 2 is 1.06 bits per heavy atom. The number of rotatable bonds is 13. The van der Waals surface area contributed by atoms with Gasteiger partial charge in [-0.05, 0) is 96.4 Å². The third-order valence-corrected chi connectivity index (χ3v) is 13.7. The van der Waals surface area contributed by atoms with Crippen LogP contribution in [0.5, 0.6) is 17.2 Å². The predicted molar refractivity (Wildman–Crippen MR) is 262 cm³/mol. The van der Waals surface area contributed by atoms with Gasteiger partial charge in [-0.15, -0.1) is 25.6 Å². The Morgan fingerprint density at radius 3 is 1.76 bits per heavy atom. The van der Waals surface area contributed by atoms with Gasteiger partial charge in [0.15, 0.2) is 5.75 Å². The number of anilines is 2. The molecule has 0 saturated heterocycles. The van der Waals surface area contributed by atoms with Gasteiger partial charge in [-0.1, -0.05) is 48.5 Å². The molecule has 0 aromatic heterocycles. The summed E-state index contributed by atoms with van der Waals surface area (Å²) in [4.78, 5) is -1.71. The summed E-state index contributed by atoms with van der Waals surface area (Å²) < 4.78 is 115.